The van der Waals surface area contributed by atoms with Crippen LogP contribution in [0.3, 0.4) is 0 Å². The molecule has 1 saturated heterocycles. The molecule has 19 heavy (non-hydrogen) atoms. The van der Waals surface area contributed by atoms with Crippen molar-refractivity contribution in [3.05, 3.63) is 35.4 Å². The fraction of sp³-hybridized carbons (Fsp3) is 0.500. The largest absolute Gasteiger partial charge is 0.336 e. The SMILES string of the molecule is O=C(c1ccc(F)c(F)c1)N1CCCC1CCCCl. The molecule has 0 aliphatic carbocycles. The summed E-state index contributed by atoms with van der Waals surface area (Å²) in [6.45, 7) is 0.671. The Bertz CT molecular complexity index is 467. The zero-order valence-electron chi connectivity index (χ0n) is 10.5. The number of carbonyl (C=O) groups excluding carboxylic acids is 1. The van der Waals surface area contributed by atoms with Crippen LogP contribution in [0.1, 0.15) is 36.0 Å². The zero-order valence-corrected chi connectivity index (χ0v) is 11.3. The minimum atomic E-state index is -0.984. The first-order valence-electron chi connectivity index (χ1n) is 6.45. The molecule has 0 aromatic heterocycles. The molecule has 1 unspecified atom stereocenters. The molecular weight excluding hydrogens is 272 g/mol. The third kappa shape index (κ3) is 3.24. The standard InChI is InChI=1S/C14H16ClF2NO/c15-7-1-3-11-4-2-8-18(11)14(19)10-5-6-12(16)13(17)9-10/h5-6,9,11H,1-4,7-8H2. The van der Waals surface area contributed by atoms with Crippen molar-refractivity contribution in [2.45, 2.75) is 31.7 Å². The van der Waals surface area contributed by atoms with Crippen LogP contribution in [-0.2, 0) is 0 Å². The normalized spacial score (nSPS) is 18.9. The van der Waals surface area contributed by atoms with E-state index in [4.69, 9.17) is 11.6 Å². The van der Waals surface area contributed by atoms with Crippen molar-refractivity contribution in [2.75, 3.05) is 12.4 Å². The molecule has 0 spiro atoms. The van der Waals surface area contributed by atoms with Gasteiger partial charge in [0.2, 0.25) is 0 Å². The van der Waals surface area contributed by atoms with Gasteiger partial charge in [-0.1, -0.05) is 0 Å². The number of hydrogen-bond donors (Lipinski definition) is 0. The summed E-state index contributed by atoms with van der Waals surface area (Å²) in [6.07, 6.45) is 3.61. The Morgan fingerprint density at radius 2 is 2.16 bits per heavy atom. The Morgan fingerprint density at radius 3 is 2.84 bits per heavy atom. The number of likely N-dealkylation sites (tertiary alicyclic amines) is 1. The first-order chi connectivity index (χ1) is 9.13. The van der Waals surface area contributed by atoms with Crippen LogP contribution in [0.25, 0.3) is 0 Å². The Kier molecular flexibility index (Phi) is 4.75. The molecule has 1 aliphatic rings. The predicted octanol–water partition coefficient (Wildman–Crippen LogP) is 3.59. The average molecular weight is 288 g/mol. The van der Waals surface area contributed by atoms with Crippen molar-refractivity contribution in [1.82, 2.24) is 4.90 Å². The maximum Gasteiger partial charge on any atom is 0.254 e. The summed E-state index contributed by atoms with van der Waals surface area (Å²) >= 11 is 5.67. The van der Waals surface area contributed by atoms with Gasteiger partial charge in [0.1, 0.15) is 0 Å². The first-order valence-corrected chi connectivity index (χ1v) is 6.99. The molecule has 0 bridgehead atoms. The number of rotatable bonds is 4. The van der Waals surface area contributed by atoms with Crippen molar-refractivity contribution in [3.8, 4) is 0 Å². The van der Waals surface area contributed by atoms with E-state index in [1.54, 1.807) is 4.90 Å². The van der Waals surface area contributed by atoms with Crippen molar-refractivity contribution < 1.29 is 13.6 Å². The molecule has 1 aromatic carbocycles. The summed E-state index contributed by atoms with van der Waals surface area (Å²) in [4.78, 5) is 14.0. The third-order valence-corrected chi connectivity index (χ3v) is 3.74. The van der Waals surface area contributed by atoms with Crippen molar-refractivity contribution in [2.24, 2.45) is 0 Å². The van der Waals surface area contributed by atoms with Gasteiger partial charge in [0.05, 0.1) is 0 Å². The van der Waals surface area contributed by atoms with E-state index in [-0.39, 0.29) is 17.5 Å². The van der Waals surface area contributed by atoms with Gasteiger partial charge in [0, 0.05) is 24.0 Å². The second kappa shape index (κ2) is 6.33. The van der Waals surface area contributed by atoms with E-state index in [1.807, 2.05) is 0 Å². The molecule has 2 nitrogen and oxygen atoms in total. The highest BCUT2D eigenvalue weighted by atomic mass is 35.5. The zero-order chi connectivity index (χ0) is 13.8. The summed E-state index contributed by atoms with van der Waals surface area (Å²) in [6, 6.07) is 3.46. The second-order valence-corrected chi connectivity index (χ2v) is 5.13. The number of halogens is 3. The van der Waals surface area contributed by atoms with E-state index in [9.17, 15) is 13.6 Å². The average Bonchev–Trinajstić information content (AvgIpc) is 2.87. The smallest absolute Gasteiger partial charge is 0.254 e. The minimum absolute atomic E-state index is 0.166. The van der Waals surface area contributed by atoms with Crippen molar-refractivity contribution in [1.29, 1.82) is 0 Å². The molecule has 5 heteroatoms. The minimum Gasteiger partial charge on any atom is -0.336 e. The summed E-state index contributed by atoms with van der Waals surface area (Å²) in [7, 11) is 0. The van der Waals surface area contributed by atoms with Crippen molar-refractivity contribution >= 4 is 17.5 Å². The summed E-state index contributed by atoms with van der Waals surface area (Å²) < 4.78 is 26.0. The van der Waals surface area contributed by atoms with E-state index in [0.717, 1.165) is 37.8 Å². The number of benzene rings is 1. The van der Waals surface area contributed by atoms with Gasteiger partial charge in [-0.05, 0) is 43.9 Å². The lowest BCUT2D eigenvalue weighted by molar-refractivity contribution is 0.0729. The lowest BCUT2D eigenvalue weighted by Gasteiger charge is -2.24. The summed E-state index contributed by atoms with van der Waals surface area (Å²) in [5, 5.41) is 0. The van der Waals surface area contributed by atoms with E-state index in [1.165, 1.54) is 6.07 Å². The van der Waals surface area contributed by atoms with Crippen LogP contribution >= 0.6 is 11.6 Å². The fourth-order valence-corrected chi connectivity index (χ4v) is 2.67. The Balaban J connectivity index is 2.11. The molecule has 1 aromatic rings. The van der Waals surface area contributed by atoms with Gasteiger partial charge in [-0.25, -0.2) is 8.78 Å². The van der Waals surface area contributed by atoms with Crippen LogP contribution < -0.4 is 0 Å². The fourth-order valence-electron chi connectivity index (χ4n) is 2.51. The molecule has 1 fully saturated rings. The maximum absolute atomic E-state index is 13.2. The number of amides is 1. The quantitative estimate of drug-likeness (QED) is 0.775. The summed E-state index contributed by atoms with van der Waals surface area (Å²) in [5.41, 5.74) is 0.205. The van der Waals surface area contributed by atoms with Crippen LogP contribution in [0, 0.1) is 11.6 Å². The van der Waals surface area contributed by atoms with Crippen LogP contribution in [0.4, 0.5) is 8.78 Å². The van der Waals surface area contributed by atoms with Crippen LogP contribution in [0.2, 0.25) is 0 Å². The number of alkyl halides is 1. The van der Waals surface area contributed by atoms with Gasteiger partial charge < -0.3 is 4.90 Å². The molecule has 0 N–H and O–H groups in total. The number of carbonyl (C=O) groups is 1. The van der Waals surface area contributed by atoms with E-state index in [2.05, 4.69) is 0 Å². The van der Waals surface area contributed by atoms with Gasteiger partial charge in [0.25, 0.3) is 5.91 Å². The third-order valence-electron chi connectivity index (χ3n) is 3.48. The van der Waals surface area contributed by atoms with Crippen molar-refractivity contribution in [3.63, 3.8) is 0 Å². The molecule has 104 valence electrons. The Hall–Kier alpha value is -1.16. The Labute approximate surface area is 116 Å². The van der Waals surface area contributed by atoms with E-state index >= 15 is 0 Å². The summed E-state index contributed by atoms with van der Waals surface area (Å²) in [5.74, 6) is -1.57. The maximum atomic E-state index is 13.2. The molecular formula is C14H16ClF2NO. The molecule has 2 rings (SSSR count). The Morgan fingerprint density at radius 1 is 1.37 bits per heavy atom. The molecule has 1 heterocycles. The van der Waals surface area contributed by atoms with Gasteiger partial charge in [-0.2, -0.15) is 0 Å². The highest BCUT2D eigenvalue weighted by Crippen LogP contribution is 2.24. The predicted molar refractivity (Wildman–Crippen MR) is 70.4 cm³/mol. The highest BCUT2D eigenvalue weighted by molar-refractivity contribution is 6.17. The number of nitrogens with zero attached hydrogens (tertiary/aromatic N) is 1. The lowest BCUT2D eigenvalue weighted by atomic mass is 10.1. The van der Waals surface area contributed by atoms with Gasteiger partial charge in [0.15, 0.2) is 11.6 Å². The van der Waals surface area contributed by atoms with Crippen LogP contribution in [0.15, 0.2) is 18.2 Å². The monoisotopic (exact) mass is 287 g/mol. The highest BCUT2D eigenvalue weighted by Gasteiger charge is 2.29. The first kappa shape index (κ1) is 14.3. The van der Waals surface area contributed by atoms with Crippen LogP contribution in [-0.4, -0.2) is 29.3 Å². The van der Waals surface area contributed by atoms with Gasteiger partial charge in [-0.3, -0.25) is 4.79 Å². The lowest BCUT2D eigenvalue weighted by Crippen LogP contribution is -2.35. The molecule has 1 aliphatic heterocycles. The van der Waals surface area contributed by atoms with E-state index < -0.39 is 11.6 Å². The second-order valence-electron chi connectivity index (χ2n) is 4.75. The van der Waals surface area contributed by atoms with E-state index in [0.29, 0.717) is 12.4 Å². The van der Waals surface area contributed by atoms with Crippen LogP contribution in [0.5, 0.6) is 0 Å². The molecule has 1 atom stereocenters. The van der Waals surface area contributed by atoms with Gasteiger partial charge >= 0.3 is 0 Å². The molecule has 0 radical (unpaired) electrons. The number of hydrogen-bond acceptors (Lipinski definition) is 1. The topological polar surface area (TPSA) is 20.3 Å². The molecule has 0 saturated carbocycles. The molecule has 1 amide bonds. The van der Waals surface area contributed by atoms with Gasteiger partial charge in [-0.15, -0.1) is 11.6 Å².